The molecule has 2 aromatic heterocycles. The lowest BCUT2D eigenvalue weighted by Gasteiger charge is -2.06. The smallest absolute Gasteiger partial charge is 0.0701 e. The molecule has 74 valence electrons. The van der Waals surface area contributed by atoms with E-state index in [0.29, 0.717) is 0 Å². The molecule has 2 heterocycles. The quantitative estimate of drug-likeness (QED) is 0.913. The molecule has 1 nitrogen and oxygen atoms in total. The van der Waals surface area contributed by atoms with Crippen LogP contribution >= 0.6 is 38.6 Å². The fourth-order valence-corrected chi connectivity index (χ4v) is 3.46. The summed E-state index contributed by atoms with van der Waals surface area (Å²) >= 11 is 6.92. The van der Waals surface area contributed by atoms with Gasteiger partial charge in [0.1, 0.15) is 0 Å². The third-order valence-electron chi connectivity index (χ3n) is 1.96. The van der Waals surface area contributed by atoms with E-state index in [1.54, 1.807) is 22.7 Å². The van der Waals surface area contributed by atoms with Crippen molar-refractivity contribution in [2.24, 2.45) is 5.73 Å². The van der Waals surface area contributed by atoms with E-state index in [0.717, 1.165) is 10.2 Å². The summed E-state index contributed by atoms with van der Waals surface area (Å²) in [6.45, 7) is 0. The maximum atomic E-state index is 6.10. The highest BCUT2D eigenvalue weighted by Gasteiger charge is 2.09. The van der Waals surface area contributed by atoms with Crippen LogP contribution in [0.15, 0.2) is 33.4 Å². The summed E-state index contributed by atoms with van der Waals surface area (Å²) in [5.41, 5.74) is 6.10. The van der Waals surface area contributed by atoms with Crippen LogP contribution in [-0.2, 0) is 6.42 Å². The van der Waals surface area contributed by atoms with Crippen LogP contribution in [0.25, 0.3) is 0 Å². The van der Waals surface area contributed by atoms with E-state index in [-0.39, 0.29) is 6.04 Å². The van der Waals surface area contributed by atoms with E-state index >= 15 is 0 Å². The zero-order valence-electron chi connectivity index (χ0n) is 7.44. The maximum absolute atomic E-state index is 6.10. The van der Waals surface area contributed by atoms with E-state index in [9.17, 15) is 0 Å². The molecule has 0 amide bonds. The summed E-state index contributed by atoms with van der Waals surface area (Å²) in [6.07, 6.45) is 0.935. The van der Waals surface area contributed by atoms with Gasteiger partial charge in [-0.3, -0.25) is 0 Å². The van der Waals surface area contributed by atoms with E-state index in [1.807, 2.05) is 6.07 Å². The molecule has 0 saturated heterocycles. The summed E-state index contributed by atoms with van der Waals surface area (Å²) in [6, 6.07) is 8.47. The molecule has 0 aromatic carbocycles. The average molecular weight is 288 g/mol. The minimum absolute atomic E-state index is 0.130. The summed E-state index contributed by atoms with van der Waals surface area (Å²) in [7, 11) is 0. The van der Waals surface area contributed by atoms with E-state index in [2.05, 4.69) is 39.5 Å². The molecule has 1 unspecified atom stereocenters. The van der Waals surface area contributed by atoms with Crippen molar-refractivity contribution < 1.29 is 0 Å². The number of hydrogen-bond acceptors (Lipinski definition) is 3. The van der Waals surface area contributed by atoms with Crippen molar-refractivity contribution in [2.45, 2.75) is 12.5 Å². The Morgan fingerprint density at radius 1 is 1.36 bits per heavy atom. The Kier molecular flexibility index (Phi) is 3.38. The van der Waals surface area contributed by atoms with Crippen molar-refractivity contribution in [2.75, 3.05) is 0 Å². The van der Waals surface area contributed by atoms with Gasteiger partial charge in [-0.15, -0.1) is 22.7 Å². The molecule has 1 atom stereocenters. The highest BCUT2D eigenvalue weighted by Crippen LogP contribution is 2.28. The van der Waals surface area contributed by atoms with Crippen molar-refractivity contribution in [1.29, 1.82) is 0 Å². The number of halogens is 1. The lowest BCUT2D eigenvalue weighted by molar-refractivity contribution is 0.745. The highest BCUT2D eigenvalue weighted by molar-refractivity contribution is 9.11. The Morgan fingerprint density at radius 3 is 2.79 bits per heavy atom. The van der Waals surface area contributed by atoms with Gasteiger partial charge >= 0.3 is 0 Å². The first-order chi connectivity index (χ1) is 6.75. The molecule has 0 aliphatic heterocycles. The zero-order valence-corrected chi connectivity index (χ0v) is 10.7. The van der Waals surface area contributed by atoms with Gasteiger partial charge in [-0.05, 0) is 39.5 Å². The number of nitrogens with two attached hydrogens (primary N) is 1. The summed E-state index contributed by atoms with van der Waals surface area (Å²) in [4.78, 5) is 2.59. The van der Waals surface area contributed by atoms with Crippen LogP contribution in [0.3, 0.4) is 0 Å². The van der Waals surface area contributed by atoms with Crippen molar-refractivity contribution in [1.82, 2.24) is 0 Å². The van der Waals surface area contributed by atoms with E-state index in [1.165, 1.54) is 9.75 Å². The molecular weight excluding hydrogens is 278 g/mol. The molecule has 0 aliphatic carbocycles. The van der Waals surface area contributed by atoms with Crippen LogP contribution in [0.4, 0.5) is 0 Å². The molecule has 2 rings (SSSR count). The van der Waals surface area contributed by atoms with E-state index < -0.39 is 0 Å². The van der Waals surface area contributed by atoms with Crippen LogP contribution in [0.2, 0.25) is 0 Å². The monoisotopic (exact) mass is 287 g/mol. The Morgan fingerprint density at radius 2 is 2.21 bits per heavy atom. The largest absolute Gasteiger partial charge is 0.323 e. The predicted molar refractivity (Wildman–Crippen MR) is 67.0 cm³/mol. The summed E-state index contributed by atoms with van der Waals surface area (Å²) in [5.74, 6) is 0. The van der Waals surface area contributed by atoms with Gasteiger partial charge in [-0.2, -0.15) is 0 Å². The maximum Gasteiger partial charge on any atom is 0.0701 e. The molecule has 0 spiro atoms. The SMILES string of the molecule is NC(Cc1cccs1)c1ccc(Br)s1. The minimum Gasteiger partial charge on any atom is -0.323 e. The van der Waals surface area contributed by atoms with Gasteiger partial charge < -0.3 is 5.73 Å². The summed E-state index contributed by atoms with van der Waals surface area (Å²) < 4.78 is 1.15. The molecule has 0 aliphatic rings. The van der Waals surface area contributed by atoms with Gasteiger partial charge in [-0.25, -0.2) is 0 Å². The van der Waals surface area contributed by atoms with Gasteiger partial charge in [0, 0.05) is 22.2 Å². The second kappa shape index (κ2) is 4.57. The lowest BCUT2D eigenvalue weighted by Crippen LogP contribution is -2.10. The van der Waals surface area contributed by atoms with Crippen LogP contribution < -0.4 is 5.73 Å². The molecular formula is C10H10BrNS2. The van der Waals surface area contributed by atoms with Gasteiger partial charge in [0.2, 0.25) is 0 Å². The predicted octanol–water partition coefficient (Wildman–Crippen LogP) is 3.81. The van der Waals surface area contributed by atoms with Crippen LogP contribution in [0.5, 0.6) is 0 Å². The van der Waals surface area contributed by atoms with Crippen LogP contribution in [0, 0.1) is 0 Å². The standard InChI is InChI=1S/C10H10BrNS2/c11-10-4-3-9(14-10)8(12)6-7-2-1-5-13-7/h1-5,8H,6,12H2. The Labute approximate surface area is 99.7 Å². The number of hydrogen-bond donors (Lipinski definition) is 1. The average Bonchev–Trinajstić information content (AvgIpc) is 2.75. The molecule has 0 saturated carbocycles. The van der Waals surface area contributed by atoms with Gasteiger partial charge in [0.05, 0.1) is 3.79 Å². The Bertz CT molecular complexity index is 394. The number of thiophene rings is 2. The lowest BCUT2D eigenvalue weighted by atomic mass is 10.1. The third kappa shape index (κ3) is 2.45. The first-order valence-corrected chi connectivity index (χ1v) is 6.78. The van der Waals surface area contributed by atoms with Crippen LogP contribution in [-0.4, -0.2) is 0 Å². The molecule has 2 N–H and O–H groups in total. The van der Waals surface area contributed by atoms with Crippen molar-refractivity contribution in [3.8, 4) is 0 Å². The minimum atomic E-state index is 0.130. The highest BCUT2D eigenvalue weighted by atomic mass is 79.9. The Balaban J connectivity index is 2.06. The third-order valence-corrected chi connectivity index (χ3v) is 4.61. The van der Waals surface area contributed by atoms with Crippen LogP contribution in [0.1, 0.15) is 15.8 Å². The van der Waals surface area contributed by atoms with Gasteiger partial charge in [0.25, 0.3) is 0 Å². The first-order valence-electron chi connectivity index (χ1n) is 4.29. The fourth-order valence-electron chi connectivity index (χ4n) is 1.27. The molecule has 0 radical (unpaired) electrons. The van der Waals surface area contributed by atoms with Crippen molar-refractivity contribution in [3.05, 3.63) is 43.2 Å². The Hall–Kier alpha value is -0.160. The number of rotatable bonds is 3. The normalized spacial score (nSPS) is 13.0. The topological polar surface area (TPSA) is 26.0 Å². The molecule has 14 heavy (non-hydrogen) atoms. The van der Waals surface area contributed by atoms with Gasteiger partial charge in [-0.1, -0.05) is 6.07 Å². The van der Waals surface area contributed by atoms with Gasteiger partial charge in [0.15, 0.2) is 0 Å². The summed E-state index contributed by atoms with van der Waals surface area (Å²) in [5, 5.41) is 2.09. The second-order valence-electron chi connectivity index (χ2n) is 3.03. The molecule has 2 aromatic rings. The molecule has 0 bridgehead atoms. The van der Waals surface area contributed by atoms with E-state index in [4.69, 9.17) is 5.73 Å². The molecule has 4 heteroatoms. The zero-order chi connectivity index (χ0) is 9.97. The fraction of sp³-hybridized carbons (Fsp3) is 0.200. The van der Waals surface area contributed by atoms with Crippen molar-refractivity contribution >= 4 is 38.6 Å². The molecule has 0 fully saturated rings. The van der Waals surface area contributed by atoms with Crippen molar-refractivity contribution in [3.63, 3.8) is 0 Å². The first kappa shape index (κ1) is 10.4. The second-order valence-corrected chi connectivity index (χ2v) is 6.56.